The van der Waals surface area contributed by atoms with Gasteiger partial charge in [-0.05, 0) is 56.9 Å². The van der Waals surface area contributed by atoms with Crippen molar-refractivity contribution in [3.8, 4) is 11.2 Å². The number of anilines is 4. The van der Waals surface area contributed by atoms with E-state index in [0.717, 1.165) is 39.9 Å². The number of azo groups is 1. The second-order valence-electron chi connectivity index (χ2n) is 10.6. The van der Waals surface area contributed by atoms with Crippen molar-refractivity contribution in [2.24, 2.45) is 10.2 Å². The molecule has 0 saturated heterocycles. The third-order valence-corrected chi connectivity index (χ3v) is 8.00. The number of methoxy groups -OCH3 is 2. The highest BCUT2D eigenvalue weighted by atomic mass is 32.1. The largest absolute Gasteiger partial charge is 0.385 e. The Balaban J connectivity index is 1.54. The zero-order valence-electron chi connectivity index (χ0n) is 26.6. The Hall–Kier alpha value is -4.97. The molecule has 0 unspecified atom stereocenters. The first-order chi connectivity index (χ1) is 22.4. The summed E-state index contributed by atoms with van der Waals surface area (Å²) >= 11 is 1.47. The Labute approximate surface area is 271 Å². The molecule has 0 amide bonds. The molecule has 46 heavy (non-hydrogen) atoms. The van der Waals surface area contributed by atoms with E-state index in [1.165, 1.54) is 16.9 Å². The SMILES string of the molecule is COCCCNc1nc(Nc2c(C)cc(C)cc2C)nc(NCCCOC)c1N=Nc1nn(-c2nc3ccccc3s2)cc1C#N. The minimum absolute atomic E-state index is 0.158. The van der Waals surface area contributed by atoms with E-state index in [-0.39, 0.29) is 11.4 Å². The molecule has 0 atom stereocenters. The lowest BCUT2D eigenvalue weighted by Gasteiger charge is -2.17. The smallest absolute Gasteiger partial charge is 0.231 e. The Morgan fingerprint density at radius 1 is 0.913 bits per heavy atom. The van der Waals surface area contributed by atoms with Gasteiger partial charge in [0, 0.05) is 46.2 Å². The number of nitriles is 1. The number of hydrogen-bond acceptors (Lipinski definition) is 13. The van der Waals surface area contributed by atoms with Gasteiger partial charge in [0.1, 0.15) is 11.6 Å². The van der Waals surface area contributed by atoms with Gasteiger partial charge in [0.05, 0.1) is 16.4 Å². The second-order valence-corrected chi connectivity index (χ2v) is 11.6. The zero-order valence-corrected chi connectivity index (χ0v) is 27.4. The molecule has 0 radical (unpaired) electrons. The number of thiazole rings is 1. The Morgan fingerprint density at radius 3 is 2.17 bits per heavy atom. The maximum absolute atomic E-state index is 9.89. The number of rotatable bonds is 15. The van der Waals surface area contributed by atoms with Crippen molar-refractivity contribution in [2.45, 2.75) is 33.6 Å². The summed E-state index contributed by atoms with van der Waals surface area (Å²) in [6, 6.07) is 14.2. The van der Waals surface area contributed by atoms with Gasteiger partial charge >= 0.3 is 0 Å². The second kappa shape index (κ2) is 15.3. The van der Waals surface area contributed by atoms with Crippen LogP contribution in [0.25, 0.3) is 15.3 Å². The van der Waals surface area contributed by atoms with Crippen LogP contribution >= 0.6 is 11.3 Å². The van der Waals surface area contributed by atoms with Crippen LogP contribution in [-0.2, 0) is 9.47 Å². The monoisotopic (exact) mass is 639 g/mol. The lowest BCUT2D eigenvalue weighted by Crippen LogP contribution is -2.12. The number of nitrogens with zero attached hydrogens (tertiary/aromatic N) is 8. The number of benzene rings is 2. The van der Waals surface area contributed by atoms with Crippen molar-refractivity contribution in [3.05, 3.63) is 64.8 Å². The normalized spacial score (nSPS) is 11.3. The number of aryl methyl sites for hydroxylation is 3. The fourth-order valence-electron chi connectivity index (χ4n) is 4.86. The van der Waals surface area contributed by atoms with Gasteiger partial charge in [-0.2, -0.15) is 15.2 Å². The van der Waals surface area contributed by atoms with Crippen molar-refractivity contribution in [2.75, 3.05) is 56.5 Å². The Bertz CT molecular complexity index is 1790. The van der Waals surface area contributed by atoms with E-state index in [2.05, 4.69) is 75.2 Å². The van der Waals surface area contributed by atoms with E-state index < -0.39 is 0 Å². The maximum atomic E-state index is 9.89. The quantitative estimate of drug-likeness (QED) is 0.0794. The van der Waals surface area contributed by atoms with Crippen LogP contribution in [0.1, 0.15) is 35.1 Å². The summed E-state index contributed by atoms with van der Waals surface area (Å²) in [6.45, 7) is 8.50. The molecule has 0 aliphatic carbocycles. The summed E-state index contributed by atoms with van der Waals surface area (Å²) in [5.41, 5.74) is 5.79. The number of nitrogens with one attached hydrogen (secondary N) is 3. The van der Waals surface area contributed by atoms with Gasteiger partial charge < -0.3 is 25.4 Å². The highest BCUT2D eigenvalue weighted by Gasteiger charge is 2.18. The van der Waals surface area contributed by atoms with E-state index in [9.17, 15) is 5.26 Å². The first kappa shape index (κ1) is 32.4. The van der Waals surface area contributed by atoms with Crippen molar-refractivity contribution < 1.29 is 9.47 Å². The fourth-order valence-corrected chi connectivity index (χ4v) is 5.75. The van der Waals surface area contributed by atoms with Crippen LogP contribution in [0.15, 0.2) is 52.8 Å². The lowest BCUT2D eigenvalue weighted by atomic mass is 10.1. The van der Waals surface area contributed by atoms with Crippen molar-refractivity contribution in [3.63, 3.8) is 0 Å². The molecule has 0 aliphatic rings. The van der Waals surface area contributed by atoms with Gasteiger partial charge in [-0.25, -0.2) is 9.67 Å². The Kier molecular flexibility index (Phi) is 10.8. The Morgan fingerprint density at radius 2 is 1.57 bits per heavy atom. The number of fused-ring (bicyclic) bond motifs is 1. The van der Waals surface area contributed by atoms with Crippen LogP contribution in [0.2, 0.25) is 0 Å². The average molecular weight is 640 g/mol. The van der Waals surface area contributed by atoms with Crippen LogP contribution < -0.4 is 16.0 Å². The van der Waals surface area contributed by atoms with Crippen LogP contribution in [0.5, 0.6) is 0 Å². The van der Waals surface area contributed by atoms with Gasteiger partial charge in [0.25, 0.3) is 0 Å². The topological polar surface area (TPSA) is 160 Å². The van der Waals surface area contributed by atoms with Crippen molar-refractivity contribution in [1.29, 1.82) is 5.26 Å². The number of ether oxygens (including phenoxy) is 2. The van der Waals surface area contributed by atoms with Gasteiger partial charge in [-0.15, -0.1) is 15.3 Å². The van der Waals surface area contributed by atoms with Crippen molar-refractivity contribution >= 4 is 56.3 Å². The van der Waals surface area contributed by atoms with Crippen LogP contribution in [0.4, 0.5) is 34.8 Å². The van der Waals surface area contributed by atoms with E-state index >= 15 is 0 Å². The molecule has 238 valence electrons. The molecular formula is C32H37N11O2S. The molecule has 0 spiro atoms. The number of aromatic nitrogens is 5. The summed E-state index contributed by atoms with van der Waals surface area (Å²) in [6.07, 6.45) is 3.10. The fraction of sp³-hybridized carbons (Fsp3) is 0.344. The molecule has 0 aliphatic heterocycles. The standard InChI is InChI=1S/C32H37N11O2S/c1-20-16-21(2)26(22(3)17-20)37-31-38-29(34-12-8-14-44-4)27(30(39-31)35-13-9-15-45-5)40-41-28-23(18-33)19-43(42-28)32-36-24-10-6-7-11-25(24)46-32/h6-7,10-11,16-17,19H,8-9,12-15H2,1-5H3,(H3,34,35,37,38,39). The predicted octanol–water partition coefficient (Wildman–Crippen LogP) is 7.12. The average Bonchev–Trinajstić information content (AvgIpc) is 3.67. The first-order valence-corrected chi connectivity index (χ1v) is 15.7. The minimum atomic E-state index is 0.158. The third kappa shape index (κ3) is 7.81. The highest BCUT2D eigenvalue weighted by molar-refractivity contribution is 7.20. The minimum Gasteiger partial charge on any atom is -0.385 e. The molecule has 5 aromatic rings. The van der Waals surface area contributed by atoms with Crippen LogP contribution in [0.3, 0.4) is 0 Å². The predicted molar refractivity (Wildman–Crippen MR) is 182 cm³/mol. The van der Waals surface area contributed by atoms with Gasteiger partial charge in [-0.3, -0.25) is 0 Å². The summed E-state index contributed by atoms with van der Waals surface area (Å²) in [7, 11) is 3.34. The van der Waals surface area contributed by atoms with E-state index in [0.29, 0.717) is 54.7 Å². The maximum Gasteiger partial charge on any atom is 0.231 e. The van der Waals surface area contributed by atoms with E-state index in [1.807, 2.05) is 24.3 Å². The molecule has 3 aromatic heterocycles. The molecule has 3 N–H and O–H groups in total. The summed E-state index contributed by atoms with van der Waals surface area (Å²) in [5, 5.41) is 34.2. The zero-order chi connectivity index (χ0) is 32.5. The van der Waals surface area contributed by atoms with Gasteiger partial charge in [0.2, 0.25) is 16.9 Å². The number of para-hydroxylation sites is 1. The summed E-state index contributed by atoms with van der Waals surface area (Å²) in [4.78, 5) is 14.3. The molecule has 0 fully saturated rings. The molecule has 13 nitrogen and oxygen atoms in total. The number of hydrogen-bond donors (Lipinski definition) is 3. The summed E-state index contributed by atoms with van der Waals surface area (Å²) in [5.74, 6) is 1.50. The van der Waals surface area contributed by atoms with Crippen LogP contribution in [0, 0.1) is 32.1 Å². The van der Waals surface area contributed by atoms with Gasteiger partial charge in [0.15, 0.2) is 17.3 Å². The lowest BCUT2D eigenvalue weighted by molar-refractivity contribution is 0.197. The van der Waals surface area contributed by atoms with Gasteiger partial charge in [-0.1, -0.05) is 41.2 Å². The molecule has 3 heterocycles. The van der Waals surface area contributed by atoms with E-state index in [1.54, 1.807) is 25.1 Å². The molecule has 5 rings (SSSR count). The summed E-state index contributed by atoms with van der Waals surface area (Å²) < 4.78 is 13.1. The molecule has 0 saturated carbocycles. The van der Waals surface area contributed by atoms with Crippen molar-refractivity contribution in [1.82, 2.24) is 24.7 Å². The first-order valence-electron chi connectivity index (χ1n) is 14.9. The highest BCUT2D eigenvalue weighted by Crippen LogP contribution is 2.36. The third-order valence-electron chi connectivity index (χ3n) is 6.97. The molecule has 0 bridgehead atoms. The molecule has 14 heteroatoms. The van der Waals surface area contributed by atoms with Crippen LogP contribution in [-0.4, -0.2) is 65.3 Å². The molecular weight excluding hydrogens is 602 g/mol. The molecule has 2 aromatic carbocycles. The van der Waals surface area contributed by atoms with E-state index in [4.69, 9.17) is 19.4 Å².